The monoisotopic (exact) mass is 271 g/mol. The van der Waals surface area contributed by atoms with Gasteiger partial charge in [-0.1, -0.05) is 0 Å². The van der Waals surface area contributed by atoms with E-state index in [1.165, 1.54) is 0 Å². The van der Waals surface area contributed by atoms with E-state index in [9.17, 15) is 0 Å². The van der Waals surface area contributed by atoms with Crippen LogP contribution < -0.4 is 0 Å². The van der Waals surface area contributed by atoms with E-state index in [2.05, 4.69) is 22.0 Å². The van der Waals surface area contributed by atoms with Crippen molar-refractivity contribution in [2.45, 2.75) is 18.9 Å². The quantitative estimate of drug-likeness (QED) is 0.783. The number of ether oxygens (including phenoxy) is 1. The molecule has 0 radical (unpaired) electrons. The molecule has 0 N–H and O–H groups in total. The van der Waals surface area contributed by atoms with E-state index in [-0.39, 0.29) is 12.0 Å². The lowest BCUT2D eigenvalue weighted by molar-refractivity contribution is -0.00829. The molecule has 2 heterocycles. The Morgan fingerprint density at radius 1 is 1.64 bits per heavy atom. The molecule has 2 unspecified atom stereocenters. The molecule has 1 fully saturated rings. The van der Waals surface area contributed by atoms with Crippen LogP contribution in [-0.4, -0.2) is 6.61 Å². The second kappa shape index (κ2) is 4.43. The summed E-state index contributed by atoms with van der Waals surface area (Å²) in [5.74, 6) is 0.0127. The first-order chi connectivity index (χ1) is 6.83. The third-order valence-corrected chi connectivity index (χ3v) is 4.32. The van der Waals surface area contributed by atoms with Gasteiger partial charge in [-0.05, 0) is 40.2 Å². The van der Waals surface area contributed by atoms with Gasteiger partial charge >= 0.3 is 0 Å². The van der Waals surface area contributed by atoms with Crippen LogP contribution in [-0.2, 0) is 4.74 Å². The summed E-state index contributed by atoms with van der Waals surface area (Å²) in [6.45, 7) is 0.771. The second-order valence-electron chi connectivity index (χ2n) is 3.30. The lowest BCUT2D eigenvalue weighted by Gasteiger charge is -2.26. The molecule has 2 rings (SSSR count). The first-order valence-electron chi connectivity index (χ1n) is 4.57. The maximum atomic E-state index is 9.01. The van der Waals surface area contributed by atoms with Crippen LogP contribution in [0.2, 0.25) is 0 Å². The summed E-state index contributed by atoms with van der Waals surface area (Å²) in [5.41, 5.74) is 0. The number of hydrogen-bond acceptors (Lipinski definition) is 3. The van der Waals surface area contributed by atoms with Gasteiger partial charge in [-0.2, -0.15) is 5.26 Å². The summed E-state index contributed by atoms with van der Waals surface area (Å²) in [7, 11) is 0. The van der Waals surface area contributed by atoms with E-state index >= 15 is 0 Å². The van der Waals surface area contributed by atoms with Crippen molar-refractivity contribution in [2.75, 3.05) is 6.61 Å². The van der Waals surface area contributed by atoms with Crippen molar-refractivity contribution in [1.29, 1.82) is 5.26 Å². The SMILES string of the molecule is N#CC1CCCOC1c1sccc1Br. The summed E-state index contributed by atoms with van der Waals surface area (Å²) in [6, 6.07) is 4.34. The number of nitrogens with zero attached hydrogens (tertiary/aromatic N) is 1. The van der Waals surface area contributed by atoms with Crippen LogP contribution >= 0.6 is 27.3 Å². The van der Waals surface area contributed by atoms with E-state index in [0.717, 1.165) is 28.8 Å². The molecule has 0 amide bonds. The van der Waals surface area contributed by atoms with Gasteiger partial charge in [0, 0.05) is 16.0 Å². The highest BCUT2D eigenvalue weighted by molar-refractivity contribution is 9.10. The lowest BCUT2D eigenvalue weighted by atomic mass is 9.95. The minimum absolute atomic E-state index is 0.0127. The average Bonchev–Trinajstić information content (AvgIpc) is 2.64. The molecule has 2 atom stereocenters. The Morgan fingerprint density at radius 2 is 2.50 bits per heavy atom. The molecule has 14 heavy (non-hydrogen) atoms. The van der Waals surface area contributed by atoms with Gasteiger partial charge in [-0.3, -0.25) is 0 Å². The molecule has 1 saturated heterocycles. The van der Waals surface area contributed by atoms with Crippen LogP contribution in [0.4, 0.5) is 0 Å². The molecule has 1 aliphatic rings. The standard InChI is InChI=1S/C10H10BrNOS/c11-8-3-5-14-10(8)9-7(6-12)2-1-4-13-9/h3,5,7,9H,1-2,4H2. The molecule has 74 valence electrons. The highest BCUT2D eigenvalue weighted by Gasteiger charge is 2.29. The van der Waals surface area contributed by atoms with E-state index in [4.69, 9.17) is 10.00 Å². The molecule has 2 nitrogen and oxygen atoms in total. The van der Waals surface area contributed by atoms with Crippen LogP contribution in [0.1, 0.15) is 23.8 Å². The molecular weight excluding hydrogens is 262 g/mol. The van der Waals surface area contributed by atoms with Crippen molar-refractivity contribution in [3.63, 3.8) is 0 Å². The minimum Gasteiger partial charge on any atom is -0.371 e. The largest absolute Gasteiger partial charge is 0.371 e. The topological polar surface area (TPSA) is 33.0 Å². The third-order valence-electron chi connectivity index (χ3n) is 2.39. The molecule has 0 aromatic carbocycles. The summed E-state index contributed by atoms with van der Waals surface area (Å²) in [5, 5.41) is 11.0. The van der Waals surface area contributed by atoms with Gasteiger partial charge in [0.2, 0.25) is 0 Å². The Kier molecular flexibility index (Phi) is 3.22. The van der Waals surface area contributed by atoms with E-state index in [0.29, 0.717) is 0 Å². The Labute approximate surface area is 95.6 Å². The van der Waals surface area contributed by atoms with Crippen LogP contribution in [0.25, 0.3) is 0 Å². The zero-order valence-electron chi connectivity index (χ0n) is 7.57. The molecule has 0 saturated carbocycles. The number of hydrogen-bond donors (Lipinski definition) is 0. The first-order valence-corrected chi connectivity index (χ1v) is 6.24. The predicted molar refractivity (Wildman–Crippen MR) is 59.0 cm³/mol. The van der Waals surface area contributed by atoms with Gasteiger partial charge in [0.1, 0.15) is 6.10 Å². The normalized spacial score (nSPS) is 27.1. The molecule has 0 aliphatic carbocycles. The number of rotatable bonds is 1. The Bertz CT molecular complexity index is 357. The molecule has 4 heteroatoms. The van der Waals surface area contributed by atoms with Crippen molar-refractivity contribution in [1.82, 2.24) is 0 Å². The summed E-state index contributed by atoms with van der Waals surface area (Å²) >= 11 is 5.13. The fraction of sp³-hybridized carbons (Fsp3) is 0.500. The zero-order chi connectivity index (χ0) is 9.97. The fourth-order valence-corrected chi connectivity index (χ4v) is 3.39. The van der Waals surface area contributed by atoms with Gasteiger partial charge in [0.15, 0.2) is 0 Å². The summed E-state index contributed by atoms with van der Waals surface area (Å²) in [6.07, 6.45) is 1.92. The van der Waals surface area contributed by atoms with E-state index in [1.807, 2.05) is 11.4 Å². The summed E-state index contributed by atoms with van der Waals surface area (Å²) < 4.78 is 6.73. The van der Waals surface area contributed by atoms with Crippen molar-refractivity contribution in [3.8, 4) is 6.07 Å². The molecular formula is C10H10BrNOS. The van der Waals surface area contributed by atoms with Gasteiger partial charge in [0.25, 0.3) is 0 Å². The number of halogens is 1. The van der Waals surface area contributed by atoms with Crippen molar-refractivity contribution < 1.29 is 4.74 Å². The van der Waals surface area contributed by atoms with Crippen molar-refractivity contribution in [3.05, 3.63) is 20.8 Å². The van der Waals surface area contributed by atoms with Crippen LogP contribution in [0.3, 0.4) is 0 Å². The van der Waals surface area contributed by atoms with E-state index in [1.54, 1.807) is 11.3 Å². The highest BCUT2D eigenvalue weighted by Crippen LogP contribution is 2.39. The highest BCUT2D eigenvalue weighted by atomic mass is 79.9. The van der Waals surface area contributed by atoms with Gasteiger partial charge in [-0.15, -0.1) is 11.3 Å². The fourth-order valence-electron chi connectivity index (χ4n) is 1.68. The number of thiophene rings is 1. The van der Waals surface area contributed by atoms with Crippen LogP contribution in [0, 0.1) is 17.2 Å². The molecule has 1 aliphatic heterocycles. The molecule has 0 bridgehead atoms. The van der Waals surface area contributed by atoms with Gasteiger partial charge < -0.3 is 4.74 Å². The first kappa shape index (κ1) is 10.2. The average molecular weight is 272 g/mol. The van der Waals surface area contributed by atoms with Crippen LogP contribution in [0.5, 0.6) is 0 Å². The Morgan fingerprint density at radius 3 is 3.14 bits per heavy atom. The molecule has 1 aromatic heterocycles. The maximum absolute atomic E-state index is 9.01. The molecule has 0 spiro atoms. The molecule has 1 aromatic rings. The van der Waals surface area contributed by atoms with Crippen molar-refractivity contribution in [2.24, 2.45) is 5.92 Å². The lowest BCUT2D eigenvalue weighted by Crippen LogP contribution is -2.20. The number of nitriles is 1. The smallest absolute Gasteiger partial charge is 0.109 e. The van der Waals surface area contributed by atoms with Crippen LogP contribution in [0.15, 0.2) is 15.9 Å². The van der Waals surface area contributed by atoms with Gasteiger partial charge in [-0.25, -0.2) is 0 Å². The Hall–Kier alpha value is -0.370. The predicted octanol–water partition coefficient (Wildman–Crippen LogP) is 3.50. The third kappa shape index (κ3) is 1.85. The zero-order valence-corrected chi connectivity index (χ0v) is 9.97. The Balaban J connectivity index is 2.24. The van der Waals surface area contributed by atoms with Crippen molar-refractivity contribution >= 4 is 27.3 Å². The summed E-state index contributed by atoms with van der Waals surface area (Å²) in [4.78, 5) is 1.15. The second-order valence-corrected chi connectivity index (χ2v) is 5.10. The minimum atomic E-state index is -0.0249. The van der Waals surface area contributed by atoms with Gasteiger partial charge in [0.05, 0.1) is 12.0 Å². The van der Waals surface area contributed by atoms with E-state index < -0.39 is 0 Å². The maximum Gasteiger partial charge on any atom is 0.109 e.